The van der Waals surface area contributed by atoms with Gasteiger partial charge in [-0.2, -0.15) is 0 Å². The number of rotatable bonds is 3. The van der Waals surface area contributed by atoms with Gasteiger partial charge in [0.1, 0.15) is 5.82 Å². The maximum absolute atomic E-state index is 4.92. The van der Waals surface area contributed by atoms with Crippen LogP contribution in [0.25, 0.3) is 11.0 Å². The molecular formula is C16H23N3. The van der Waals surface area contributed by atoms with E-state index in [4.69, 9.17) is 4.98 Å². The molecule has 0 radical (unpaired) electrons. The summed E-state index contributed by atoms with van der Waals surface area (Å²) in [6.07, 6.45) is 3.62. The summed E-state index contributed by atoms with van der Waals surface area (Å²) in [5.41, 5.74) is 3.81. The van der Waals surface area contributed by atoms with Gasteiger partial charge in [-0.05, 0) is 36.9 Å². The third-order valence-electron chi connectivity index (χ3n) is 4.25. The van der Waals surface area contributed by atoms with E-state index in [1.54, 1.807) is 0 Å². The fourth-order valence-corrected chi connectivity index (χ4v) is 3.08. The van der Waals surface area contributed by atoms with Crippen molar-refractivity contribution < 1.29 is 0 Å². The second-order valence-electron chi connectivity index (χ2n) is 5.95. The van der Waals surface area contributed by atoms with Crippen LogP contribution in [0.2, 0.25) is 0 Å². The number of nitrogens with one attached hydrogen (secondary N) is 1. The van der Waals surface area contributed by atoms with Crippen molar-refractivity contribution in [3.63, 3.8) is 0 Å². The highest BCUT2D eigenvalue weighted by Crippen LogP contribution is 2.26. The molecule has 1 fully saturated rings. The monoisotopic (exact) mass is 257 g/mol. The third kappa shape index (κ3) is 2.27. The largest absolute Gasteiger partial charge is 0.331 e. The summed E-state index contributed by atoms with van der Waals surface area (Å²) >= 11 is 0. The molecule has 3 heteroatoms. The van der Waals surface area contributed by atoms with E-state index in [0.717, 1.165) is 13.0 Å². The molecule has 0 bridgehead atoms. The van der Waals surface area contributed by atoms with Gasteiger partial charge >= 0.3 is 0 Å². The van der Waals surface area contributed by atoms with Crippen molar-refractivity contribution in [1.82, 2.24) is 14.9 Å². The van der Waals surface area contributed by atoms with E-state index in [1.807, 2.05) is 0 Å². The average Bonchev–Trinajstić information content (AvgIpc) is 2.99. The fraction of sp³-hybridized carbons (Fsp3) is 0.562. The number of benzene rings is 1. The van der Waals surface area contributed by atoms with Crippen LogP contribution in [-0.4, -0.2) is 22.1 Å². The standard InChI is InChI=1S/C16H23N3/c1-11(2)13-7-4-8-14-16(13)18-15(19(14)3)10-12-6-5-9-17-12/h4,7-8,11-12,17H,5-6,9-10H2,1-3H3. The molecular weight excluding hydrogens is 234 g/mol. The van der Waals surface area contributed by atoms with Crippen molar-refractivity contribution in [2.45, 2.75) is 45.1 Å². The first-order chi connectivity index (χ1) is 9.16. The quantitative estimate of drug-likeness (QED) is 0.916. The third-order valence-corrected chi connectivity index (χ3v) is 4.25. The van der Waals surface area contributed by atoms with Crippen LogP contribution in [0.4, 0.5) is 0 Å². The van der Waals surface area contributed by atoms with Crippen LogP contribution in [0.1, 0.15) is 44.0 Å². The predicted molar refractivity (Wildman–Crippen MR) is 79.5 cm³/mol. The van der Waals surface area contributed by atoms with Gasteiger partial charge < -0.3 is 9.88 Å². The Hall–Kier alpha value is -1.35. The molecule has 1 aromatic heterocycles. The zero-order valence-corrected chi connectivity index (χ0v) is 12.1. The molecule has 1 aliphatic heterocycles. The minimum Gasteiger partial charge on any atom is -0.331 e. The summed E-state index contributed by atoms with van der Waals surface area (Å²) in [5, 5.41) is 3.56. The minimum atomic E-state index is 0.524. The molecule has 19 heavy (non-hydrogen) atoms. The maximum atomic E-state index is 4.92. The molecule has 1 unspecified atom stereocenters. The smallest absolute Gasteiger partial charge is 0.111 e. The Kier molecular flexibility index (Phi) is 3.31. The molecule has 0 saturated carbocycles. The number of nitrogens with zero attached hydrogens (tertiary/aromatic N) is 2. The van der Waals surface area contributed by atoms with E-state index >= 15 is 0 Å². The van der Waals surface area contributed by atoms with Crippen molar-refractivity contribution in [2.75, 3.05) is 6.54 Å². The van der Waals surface area contributed by atoms with Crippen LogP contribution in [0.3, 0.4) is 0 Å². The van der Waals surface area contributed by atoms with E-state index < -0.39 is 0 Å². The molecule has 0 aliphatic carbocycles. The Bertz CT molecular complexity index is 577. The zero-order valence-electron chi connectivity index (χ0n) is 12.1. The van der Waals surface area contributed by atoms with E-state index in [9.17, 15) is 0 Å². The lowest BCUT2D eigenvalue weighted by molar-refractivity contribution is 0.575. The van der Waals surface area contributed by atoms with Crippen molar-refractivity contribution in [3.8, 4) is 0 Å². The van der Waals surface area contributed by atoms with Crippen LogP contribution >= 0.6 is 0 Å². The lowest BCUT2D eigenvalue weighted by atomic mass is 10.0. The Morgan fingerprint density at radius 3 is 2.95 bits per heavy atom. The first-order valence-electron chi connectivity index (χ1n) is 7.34. The average molecular weight is 257 g/mol. The number of para-hydroxylation sites is 1. The maximum Gasteiger partial charge on any atom is 0.111 e. The molecule has 1 aliphatic rings. The molecule has 1 saturated heterocycles. The Balaban J connectivity index is 2.01. The summed E-state index contributed by atoms with van der Waals surface area (Å²) in [5.74, 6) is 1.73. The van der Waals surface area contributed by atoms with Gasteiger partial charge in [0, 0.05) is 19.5 Å². The number of imidazole rings is 1. The van der Waals surface area contributed by atoms with Gasteiger partial charge in [-0.15, -0.1) is 0 Å². The molecule has 3 rings (SSSR count). The van der Waals surface area contributed by atoms with Crippen LogP contribution in [0.5, 0.6) is 0 Å². The zero-order chi connectivity index (χ0) is 13.4. The molecule has 0 spiro atoms. The molecule has 2 heterocycles. The number of hydrogen-bond donors (Lipinski definition) is 1. The highest BCUT2D eigenvalue weighted by molar-refractivity contribution is 5.80. The molecule has 3 nitrogen and oxygen atoms in total. The van der Waals surface area contributed by atoms with Crippen molar-refractivity contribution >= 4 is 11.0 Å². The number of aryl methyl sites for hydroxylation is 1. The molecule has 0 amide bonds. The fourth-order valence-electron chi connectivity index (χ4n) is 3.08. The second kappa shape index (κ2) is 4.97. The van der Waals surface area contributed by atoms with Gasteiger partial charge in [-0.25, -0.2) is 4.98 Å². The lowest BCUT2D eigenvalue weighted by Crippen LogP contribution is -2.25. The topological polar surface area (TPSA) is 29.9 Å². The predicted octanol–water partition coefficient (Wildman–Crippen LogP) is 2.99. The minimum absolute atomic E-state index is 0.524. The summed E-state index contributed by atoms with van der Waals surface area (Å²) in [6, 6.07) is 7.15. The van der Waals surface area contributed by atoms with E-state index in [0.29, 0.717) is 12.0 Å². The molecule has 1 atom stereocenters. The normalized spacial score (nSPS) is 19.7. The summed E-state index contributed by atoms with van der Waals surface area (Å²) in [7, 11) is 2.14. The van der Waals surface area contributed by atoms with Gasteiger partial charge in [0.05, 0.1) is 11.0 Å². The van der Waals surface area contributed by atoms with Gasteiger partial charge in [-0.1, -0.05) is 26.0 Å². The number of aromatic nitrogens is 2. The molecule has 102 valence electrons. The van der Waals surface area contributed by atoms with Gasteiger partial charge in [0.15, 0.2) is 0 Å². The lowest BCUT2D eigenvalue weighted by Gasteiger charge is -2.09. The number of hydrogen-bond acceptors (Lipinski definition) is 2. The van der Waals surface area contributed by atoms with Crippen molar-refractivity contribution in [3.05, 3.63) is 29.6 Å². The summed E-state index contributed by atoms with van der Waals surface area (Å²) < 4.78 is 2.27. The SMILES string of the molecule is CC(C)c1cccc2c1nc(CC1CCCN1)n2C. The van der Waals surface area contributed by atoms with Crippen molar-refractivity contribution in [2.24, 2.45) is 7.05 Å². The van der Waals surface area contributed by atoms with Gasteiger partial charge in [0.2, 0.25) is 0 Å². The Morgan fingerprint density at radius 2 is 2.26 bits per heavy atom. The van der Waals surface area contributed by atoms with E-state index in [-0.39, 0.29) is 0 Å². The van der Waals surface area contributed by atoms with Crippen LogP contribution in [-0.2, 0) is 13.5 Å². The van der Waals surface area contributed by atoms with Crippen LogP contribution in [0, 0.1) is 0 Å². The first-order valence-corrected chi connectivity index (χ1v) is 7.34. The van der Waals surface area contributed by atoms with Gasteiger partial charge in [0.25, 0.3) is 0 Å². The highest BCUT2D eigenvalue weighted by atomic mass is 15.1. The summed E-state index contributed by atoms with van der Waals surface area (Å²) in [6.45, 7) is 5.63. The Labute approximate surface area is 115 Å². The van der Waals surface area contributed by atoms with Crippen LogP contribution in [0.15, 0.2) is 18.2 Å². The van der Waals surface area contributed by atoms with E-state index in [1.165, 1.54) is 35.3 Å². The van der Waals surface area contributed by atoms with Crippen LogP contribution < -0.4 is 5.32 Å². The molecule has 2 aromatic rings. The number of fused-ring (bicyclic) bond motifs is 1. The van der Waals surface area contributed by atoms with E-state index in [2.05, 4.69) is 49.0 Å². The second-order valence-corrected chi connectivity index (χ2v) is 5.95. The van der Waals surface area contributed by atoms with Crippen molar-refractivity contribution in [1.29, 1.82) is 0 Å². The molecule has 1 N–H and O–H groups in total. The Morgan fingerprint density at radius 1 is 1.42 bits per heavy atom. The summed E-state index contributed by atoms with van der Waals surface area (Å²) in [4.78, 5) is 4.92. The van der Waals surface area contributed by atoms with Gasteiger partial charge in [-0.3, -0.25) is 0 Å². The first kappa shape index (κ1) is 12.7. The highest BCUT2D eigenvalue weighted by Gasteiger charge is 2.19. The molecule has 1 aromatic carbocycles.